The number of aliphatic carboxylic acids is 1. The predicted octanol–water partition coefficient (Wildman–Crippen LogP) is -1.57. The van der Waals surface area contributed by atoms with Crippen molar-refractivity contribution in [2.75, 3.05) is 6.54 Å². The minimum Gasteiger partial charge on any atom is -0.508 e. The molecule has 0 bridgehead atoms. The second-order valence-electron chi connectivity index (χ2n) is 9.77. The van der Waals surface area contributed by atoms with Crippen molar-refractivity contribution in [2.24, 2.45) is 32.9 Å². The number of rotatable bonds is 16. The number of hydrogen-bond donors (Lipinski definition) is 9. The number of guanidine groups is 2. The molecule has 0 aromatic heterocycles. The van der Waals surface area contributed by atoms with E-state index in [1.807, 2.05) is 0 Å². The third-order valence-corrected chi connectivity index (χ3v) is 6.17. The topological polar surface area (TPSA) is 274 Å². The third kappa shape index (κ3) is 12.4. The highest BCUT2D eigenvalue weighted by molar-refractivity contribution is 5.94. The van der Waals surface area contributed by atoms with Gasteiger partial charge < -0.3 is 49.1 Å². The SMILES string of the molecule is C[C@H](NC(=O)[C@H](Cc1ccccc1)NC(=O)[C@H](CCCN=C(N)N)NC(=O)[C@H](Cc1cccc(O)c1)N=C(N)N)C(=O)O. The summed E-state index contributed by atoms with van der Waals surface area (Å²) in [5, 5.41) is 26.7. The van der Waals surface area contributed by atoms with Crippen LogP contribution < -0.4 is 38.9 Å². The summed E-state index contributed by atoms with van der Waals surface area (Å²) in [5.41, 5.74) is 23.2. The first kappa shape index (κ1) is 33.9. The van der Waals surface area contributed by atoms with E-state index >= 15 is 0 Å². The number of benzene rings is 2. The Morgan fingerprint density at radius 1 is 0.791 bits per heavy atom. The Bertz CT molecular complexity index is 1310. The number of carboxylic acid groups (broad SMARTS) is 1. The van der Waals surface area contributed by atoms with Gasteiger partial charge in [-0.05, 0) is 43.0 Å². The van der Waals surface area contributed by atoms with E-state index in [0.29, 0.717) is 11.1 Å². The average Bonchev–Trinajstić information content (AvgIpc) is 2.93. The number of nitrogens with one attached hydrogen (secondary N) is 3. The summed E-state index contributed by atoms with van der Waals surface area (Å²) < 4.78 is 0. The molecular formula is C28H39N9O6. The molecule has 15 nitrogen and oxygen atoms in total. The Hall–Kier alpha value is -5.34. The molecule has 43 heavy (non-hydrogen) atoms. The summed E-state index contributed by atoms with van der Waals surface area (Å²) in [6.07, 6.45) is 0.405. The zero-order chi connectivity index (χ0) is 31.9. The molecule has 15 heteroatoms. The molecule has 13 N–H and O–H groups in total. The predicted molar refractivity (Wildman–Crippen MR) is 161 cm³/mol. The maximum Gasteiger partial charge on any atom is 0.325 e. The number of hydrogen-bond acceptors (Lipinski definition) is 7. The Morgan fingerprint density at radius 3 is 2.02 bits per heavy atom. The van der Waals surface area contributed by atoms with Crippen molar-refractivity contribution in [1.29, 1.82) is 0 Å². The molecule has 0 aliphatic carbocycles. The van der Waals surface area contributed by atoms with Crippen LogP contribution in [-0.2, 0) is 32.0 Å². The number of carbonyl (C=O) groups excluding carboxylic acids is 3. The van der Waals surface area contributed by atoms with Crippen molar-refractivity contribution < 1.29 is 29.4 Å². The fourth-order valence-electron chi connectivity index (χ4n) is 4.03. The lowest BCUT2D eigenvalue weighted by atomic mass is 10.0. The molecule has 2 aromatic carbocycles. The summed E-state index contributed by atoms with van der Waals surface area (Å²) >= 11 is 0. The number of phenols is 1. The molecule has 4 atom stereocenters. The van der Waals surface area contributed by atoms with E-state index in [1.54, 1.807) is 42.5 Å². The molecule has 0 fully saturated rings. The first-order valence-electron chi connectivity index (χ1n) is 13.5. The van der Waals surface area contributed by atoms with Gasteiger partial charge in [-0.15, -0.1) is 0 Å². The summed E-state index contributed by atoms with van der Waals surface area (Å²) in [6.45, 7) is 1.46. The van der Waals surface area contributed by atoms with Crippen LogP contribution in [0.15, 0.2) is 64.6 Å². The summed E-state index contributed by atoms with van der Waals surface area (Å²) in [5.74, 6) is -3.89. The maximum atomic E-state index is 13.6. The van der Waals surface area contributed by atoms with Crippen LogP contribution in [0.5, 0.6) is 5.75 Å². The number of amides is 3. The number of phenolic OH excluding ortho intramolecular Hbond substituents is 1. The van der Waals surface area contributed by atoms with E-state index in [1.165, 1.54) is 19.1 Å². The molecule has 232 valence electrons. The molecule has 0 heterocycles. The van der Waals surface area contributed by atoms with Crippen LogP contribution in [-0.4, -0.2) is 76.5 Å². The summed E-state index contributed by atoms with van der Waals surface area (Å²) in [6, 6.07) is 10.3. The fraction of sp³-hybridized carbons (Fsp3) is 0.357. The number of carbonyl (C=O) groups is 4. The quantitative estimate of drug-likeness (QED) is 0.0609. The average molecular weight is 598 g/mol. The van der Waals surface area contributed by atoms with Gasteiger partial charge in [-0.3, -0.25) is 24.2 Å². The van der Waals surface area contributed by atoms with Gasteiger partial charge in [0.15, 0.2) is 11.9 Å². The van der Waals surface area contributed by atoms with Crippen LogP contribution in [0.4, 0.5) is 0 Å². The van der Waals surface area contributed by atoms with Gasteiger partial charge in [0.05, 0.1) is 0 Å². The lowest BCUT2D eigenvalue weighted by molar-refractivity contribution is -0.141. The van der Waals surface area contributed by atoms with Gasteiger partial charge in [0, 0.05) is 19.4 Å². The van der Waals surface area contributed by atoms with Crippen LogP contribution in [0.25, 0.3) is 0 Å². The standard InChI is InChI=1S/C28H39N9O6/c1-16(26(42)43)34-24(40)21(14-17-7-3-2-4-8-17)36-23(39)20(11-6-12-33-27(29)30)35-25(41)22(37-28(31)32)15-18-9-5-10-19(38)13-18/h2-5,7-10,13,16,20-22,38H,6,11-12,14-15H2,1H3,(H,34,40)(H,35,41)(H,36,39)(H,42,43)(H4,29,30,33)(H4,31,32,37)/t16-,20-,21-,22-/m0/s1. The van der Waals surface area contributed by atoms with E-state index < -0.39 is 47.9 Å². The fourth-order valence-corrected chi connectivity index (χ4v) is 4.03. The highest BCUT2D eigenvalue weighted by atomic mass is 16.4. The normalized spacial score (nSPS) is 13.3. The Balaban J connectivity index is 2.31. The van der Waals surface area contributed by atoms with E-state index in [4.69, 9.17) is 22.9 Å². The Morgan fingerprint density at radius 2 is 1.42 bits per heavy atom. The summed E-state index contributed by atoms with van der Waals surface area (Å²) in [4.78, 5) is 59.2. The molecule has 0 unspecified atom stereocenters. The third-order valence-electron chi connectivity index (χ3n) is 6.17. The van der Waals surface area contributed by atoms with Gasteiger partial charge in [-0.2, -0.15) is 0 Å². The second kappa shape index (κ2) is 16.8. The van der Waals surface area contributed by atoms with Gasteiger partial charge in [0.25, 0.3) is 0 Å². The minimum absolute atomic E-state index is 0.00654. The molecule has 0 spiro atoms. The largest absolute Gasteiger partial charge is 0.508 e. The first-order chi connectivity index (χ1) is 20.3. The first-order valence-corrected chi connectivity index (χ1v) is 13.5. The van der Waals surface area contributed by atoms with Crippen LogP contribution in [0.3, 0.4) is 0 Å². The van der Waals surface area contributed by atoms with Gasteiger partial charge in [0.2, 0.25) is 17.7 Å². The van der Waals surface area contributed by atoms with Crippen LogP contribution in [0.2, 0.25) is 0 Å². The van der Waals surface area contributed by atoms with Gasteiger partial charge in [-0.25, -0.2) is 4.99 Å². The number of aliphatic imine (C=N–C) groups is 2. The van der Waals surface area contributed by atoms with Crippen molar-refractivity contribution in [3.05, 3.63) is 65.7 Å². The van der Waals surface area contributed by atoms with E-state index in [9.17, 15) is 29.4 Å². The van der Waals surface area contributed by atoms with E-state index in [-0.39, 0.29) is 49.9 Å². The molecule has 0 saturated heterocycles. The van der Waals surface area contributed by atoms with Crippen molar-refractivity contribution in [3.8, 4) is 5.75 Å². The van der Waals surface area contributed by atoms with Gasteiger partial charge in [0.1, 0.15) is 29.9 Å². The zero-order valence-corrected chi connectivity index (χ0v) is 23.8. The molecule has 0 aliphatic rings. The molecular weight excluding hydrogens is 558 g/mol. The van der Waals surface area contributed by atoms with Crippen molar-refractivity contribution >= 4 is 35.6 Å². The molecule has 2 aromatic rings. The van der Waals surface area contributed by atoms with Gasteiger partial charge >= 0.3 is 5.97 Å². The number of aromatic hydroxyl groups is 1. The van der Waals surface area contributed by atoms with E-state index in [0.717, 1.165) is 0 Å². The van der Waals surface area contributed by atoms with Crippen LogP contribution in [0.1, 0.15) is 30.9 Å². The Kier molecular flexibility index (Phi) is 13.2. The lowest BCUT2D eigenvalue weighted by Gasteiger charge is -2.25. The van der Waals surface area contributed by atoms with Crippen LogP contribution >= 0.6 is 0 Å². The van der Waals surface area contributed by atoms with E-state index in [2.05, 4.69) is 25.9 Å². The minimum atomic E-state index is -1.25. The highest BCUT2D eigenvalue weighted by Crippen LogP contribution is 2.14. The van der Waals surface area contributed by atoms with Crippen LogP contribution in [0, 0.1) is 0 Å². The van der Waals surface area contributed by atoms with Crippen molar-refractivity contribution in [3.63, 3.8) is 0 Å². The zero-order valence-electron chi connectivity index (χ0n) is 23.8. The van der Waals surface area contributed by atoms with Crippen molar-refractivity contribution in [2.45, 2.75) is 56.8 Å². The molecule has 0 radical (unpaired) electrons. The monoisotopic (exact) mass is 597 g/mol. The Labute approximate surface area is 248 Å². The molecule has 0 aliphatic heterocycles. The number of nitrogens with two attached hydrogens (primary N) is 4. The van der Waals surface area contributed by atoms with Crippen molar-refractivity contribution in [1.82, 2.24) is 16.0 Å². The summed E-state index contributed by atoms with van der Waals surface area (Å²) in [7, 11) is 0. The second-order valence-corrected chi connectivity index (χ2v) is 9.77. The smallest absolute Gasteiger partial charge is 0.325 e. The molecule has 3 amide bonds. The molecule has 0 saturated carbocycles. The lowest BCUT2D eigenvalue weighted by Crippen LogP contribution is -2.57. The number of carboxylic acids is 1. The molecule has 2 rings (SSSR count). The number of nitrogens with zero attached hydrogens (tertiary/aromatic N) is 2. The van der Waals surface area contributed by atoms with Gasteiger partial charge in [-0.1, -0.05) is 42.5 Å². The highest BCUT2D eigenvalue weighted by Gasteiger charge is 2.30. The maximum absolute atomic E-state index is 13.6.